The lowest BCUT2D eigenvalue weighted by atomic mass is 9.90. The Morgan fingerprint density at radius 2 is 1.35 bits per heavy atom. The molecule has 3 aromatic carbocycles. The van der Waals surface area contributed by atoms with Crippen molar-refractivity contribution in [3.8, 4) is 5.69 Å². The van der Waals surface area contributed by atoms with Gasteiger partial charge in [0.15, 0.2) is 0 Å². The molecule has 4 aromatic rings. The van der Waals surface area contributed by atoms with Crippen LogP contribution in [-0.4, -0.2) is 39.0 Å². The summed E-state index contributed by atoms with van der Waals surface area (Å²) in [6.45, 7) is 2.71. The van der Waals surface area contributed by atoms with Gasteiger partial charge in [-0.05, 0) is 44.2 Å². The van der Waals surface area contributed by atoms with Crippen molar-refractivity contribution in [2.24, 2.45) is 0 Å². The largest absolute Gasteiger partial charge is 0.463 e. The molecule has 0 aliphatic rings. The molecule has 8 nitrogen and oxygen atoms in total. The van der Waals surface area contributed by atoms with Crippen LogP contribution in [0.5, 0.6) is 0 Å². The molecule has 0 aliphatic heterocycles. The lowest BCUT2D eigenvalue weighted by Gasteiger charge is -2.28. The van der Waals surface area contributed by atoms with E-state index in [1.807, 2.05) is 0 Å². The van der Waals surface area contributed by atoms with E-state index in [1.54, 1.807) is 84.9 Å². The number of fused-ring (bicyclic) bond motifs is 1. The van der Waals surface area contributed by atoms with Gasteiger partial charge in [0.1, 0.15) is 4.90 Å². The number of benzene rings is 3. The van der Waals surface area contributed by atoms with E-state index in [4.69, 9.17) is 9.47 Å². The smallest absolute Gasteiger partial charge is 0.355 e. The number of carbonyl (C=O) groups excluding carboxylic acids is 2. The Morgan fingerprint density at radius 3 is 1.92 bits per heavy atom. The number of ether oxygens (including phenoxy) is 2. The molecule has 0 amide bonds. The summed E-state index contributed by atoms with van der Waals surface area (Å²) in [7, 11) is -2.21. The number of para-hydroxylation sites is 2. The summed E-state index contributed by atoms with van der Waals surface area (Å²) in [5, 5.41) is 12.0. The van der Waals surface area contributed by atoms with Gasteiger partial charge in [0.2, 0.25) is 0 Å². The van der Waals surface area contributed by atoms with E-state index in [9.17, 15) is 23.7 Å². The standard InChI is InChI=1S/C28H25NO7S/c1-3-35-26(31)28(33,27(32)36-4-2)23-21-17-11-12-18-22(21)29(19-13-7-5-8-14-19)25(30)24(23)37(34)20-15-9-6-10-16-20/h5-18,33H,3-4H2,1-2H3. The Hall–Kier alpha value is -4.08. The zero-order valence-corrected chi connectivity index (χ0v) is 21.1. The van der Waals surface area contributed by atoms with Crippen molar-refractivity contribution in [3.05, 3.63) is 101 Å². The predicted octanol–water partition coefficient (Wildman–Crippen LogP) is 3.47. The summed E-state index contributed by atoms with van der Waals surface area (Å²) >= 11 is 0. The lowest BCUT2D eigenvalue weighted by molar-refractivity contribution is -0.185. The van der Waals surface area contributed by atoms with Crippen molar-refractivity contribution < 1.29 is 28.4 Å². The van der Waals surface area contributed by atoms with Crippen molar-refractivity contribution in [1.29, 1.82) is 0 Å². The number of hydrogen-bond donors (Lipinski definition) is 1. The van der Waals surface area contributed by atoms with Gasteiger partial charge in [-0.3, -0.25) is 9.36 Å². The van der Waals surface area contributed by atoms with Crippen LogP contribution < -0.4 is 5.56 Å². The summed E-state index contributed by atoms with van der Waals surface area (Å²) in [6.07, 6.45) is 0. The van der Waals surface area contributed by atoms with Gasteiger partial charge in [-0.1, -0.05) is 54.6 Å². The molecule has 0 aliphatic carbocycles. The van der Waals surface area contributed by atoms with Crippen LogP contribution in [0, 0.1) is 0 Å². The van der Waals surface area contributed by atoms with Crippen molar-refractivity contribution in [2.45, 2.75) is 29.2 Å². The average Bonchev–Trinajstić information content (AvgIpc) is 2.92. The first-order valence-electron chi connectivity index (χ1n) is 11.6. The molecule has 9 heteroatoms. The molecular formula is C28H25NO7S. The minimum absolute atomic E-state index is 0.156. The summed E-state index contributed by atoms with van der Waals surface area (Å²) in [5.41, 5.74) is -3.50. The predicted molar refractivity (Wildman–Crippen MR) is 138 cm³/mol. The van der Waals surface area contributed by atoms with E-state index in [2.05, 4.69) is 0 Å². The van der Waals surface area contributed by atoms with Crippen LogP contribution in [0.1, 0.15) is 19.4 Å². The SMILES string of the molecule is CCOC(=O)C(O)(C(=O)OCC)c1c(S(=O)c2ccccc2)c(=O)n(-c2ccccc2)c2ccccc12. The van der Waals surface area contributed by atoms with E-state index in [1.165, 1.54) is 18.4 Å². The Kier molecular flexibility index (Phi) is 7.66. The second-order valence-corrected chi connectivity index (χ2v) is 9.35. The maximum absolute atomic E-state index is 14.2. The first-order valence-corrected chi connectivity index (χ1v) is 12.8. The Bertz CT molecular complexity index is 1510. The van der Waals surface area contributed by atoms with Crippen LogP contribution in [0.3, 0.4) is 0 Å². The molecule has 1 aromatic heterocycles. The van der Waals surface area contributed by atoms with Gasteiger partial charge in [0, 0.05) is 21.5 Å². The third-order valence-corrected chi connectivity index (χ3v) is 7.15. The van der Waals surface area contributed by atoms with E-state index >= 15 is 0 Å². The monoisotopic (exact) mass is 519 g/mol. The first kappa shape index (κ1) is 26.0. The molecule has 37 heavy (non-hydrogen) atoms. The summed E-state index contributed by atoms with van der Waals surface area (Å²) < 4.78 is 25.5. The number of esters is 2. The highest BCUT2D eigenvalue weighted by Crippen LogP contribution is 2.36. The molecule has 0 saturated carbocycles. The van der Waals surface area contributed by atoms with E-state index in [-0.39, 0.29) is 29.0 Å². The van der Waals surface area contributed by atoms with Crippen LogP contribution in [0.4, 0.5) is 0 Å². The lowest BCUT2D eigenvalue weighted by Crippen LogP contribution is -2.48. The number of hydrogen-bond acceptors (Lipinski definition) is 7. The highest BCUT2D eigenvalue weighted by atomic mass is 32.2. The second kappa shape index (κ2) is 10.9. The number of nitrogens with zero attached hydrogens (tertiary/aromatic N) is 1. The molecule has 0 saturated heterocycles. The van der Waals surface area contributed by atoms with E-state index in [0.29, 0.717) is 5.69 Å². The van der Waals surface area contributed by atoms with Gasteiger partial charge in [-0.2, -0.15) is 0 Å². The molecular weight excluding hydrogens is 494 g/mol. The third kappa shape index (κ3) is 4.59. The van der Waals surface area contributed by atoms with Gasteiger partial charge < -0.3 is 14.6 Å². The van der Waals surface area contributed by atoms with Crippen LogP contribution in [-0.2, 0) is 35.5 Å². The van der Waals surface area contributed by atoms with Crippen LogP contribution in [0.25, 0.3) is 16.6 Å². The number of rotatable bonds is 8. The van der Waals surface area contributed by atoms with Crippen molar-refractivity contribution in [3.63, 3.8) is 0 Å². The number of aromatic nitrogens is 1. The Labute approximate surface area is 215 Å². The maximum Gasteiger partial charge on any atom is 0.355 e. The topological polar surface area (TPSA) is 112 Å². The minimum Gasteiger partial charge on any atom is -0.463 e. The Balaban J connectivity index is 2.23. The molecule has 190 valence electrons. The fraction of sp³-hybridized carbons (Fsp3) is 0.179. The van der Waals surface area contributed by atoms with Gasteiger partial charge in [-0.25, -0.2) is 13.8 Å². The molecule has 1 N–H and O–H groups in total. The first-order chi connectivity index (χ1) is 17.9. The Morgan fingerprint density at radius 1 is 0.838 bits per heavy atom. The summed E-state index contributed by atoms with van der Waals surface area (Å²) in [4.78, 5) is 40.4. The van der Waals surface area contributed by atoms with Crippen molar-refractivity contribution in [1.82, 2.24) is 4.57 Å². The summed E-state index contributed by atoms with van der Waals surface area (Å²) in [6, 6.07) is 23.2. The minimum atomic E-state index is -3.06. The van der Waals surface area contributed by atoms with Gasteiger partial charge >= 0.3 is 11.9 Å². The quantitative estimate of drug-likeness (QED) is 0.280. The van der Waals surface area contributed by atoms with E-state index < -0.39 is 44.4 Å². The van der Waals surface area contributed by atoms with Crippen LogP contribution >= 0.6 is 0 Å². The molecule has 0 fully saturated rings. The van der Waals surface area contributed by atoms with Crippen LogP contribution in [0.2, 0.25) is 0 Å². The van der Waals surface area contributed by atoms with E-state index in [0.717, 1.165) is 0 Å². The highest BCUT2D eigenvalue weighted by Gasteiger charge is 2.53. The fourth-order valence-corrected chi connectivity index (χ4v) is 5.44. The van der Waals surface area contributed by atoms with Gasteiger partial charge in [0.05, 0.1) is 29.5 Å². The second-order valence-electron chi connectivity index (χ2n) is 7.93. The van der Waals surface area contributed by atoms with Crippen molar-refractivity contribution >= 4 is 33.6 Å². The molecule has 1 heterocycles. The maximum atomic E-state index is 14.2. The number of carbonyl (C=O) groups is 2. The summed E-state index contributed by atoms with van der Waals surface area (Å²) in [5.74, 6) is -2.66. The molecule has 0 bridgehead atoms. The molecule has 0 spiro atoms. The highest BCUT2D eigenvalue weighted by molar-refractivity contribution is 7.85. The van der Waals surface area contributed by atoms with Crippen molar-refractivity contribution in [2.75, 3.05) is 13.2 Å². The fourth-order valence-electron chi connectivity index (χ4n) is 4.11. The zero-order chi connectivity index (χ0) is 26.6. The zero-order valence-electron chi connectivity index (χ0n) is 20.2. The molecule has 0 radical (unpaired) electrons. The average molecular weight is 520 g/mol. The molecule has 1 unspecified atom stereocenters. The number of aliphatic hydroxyl groups is 1. The number of pyridine rings is 1. The molecule has 1 atom stereocenters. The normalized spacial score (nSPS) is 12.2. The van der Waals surface area contributed by atoms with Gasteiger partial charge in [-0.15, -0.1) is 0 Å². The van der Waals surface area contributed by atoms with Gasteiger partial charge in [0.25, 0.3) is 11.2 Å². The molecule has 4 rings (SSSR count). The van der Waals surface area contributed by atoms with Crippen LogP contribution in [0.15, 0.2) is 99.5 Å². The third-order valence-electron chi connectivity index (χ3n) is 5.70.